The fourth-order valence-electron chi connectivity index (χ4n) is 2.82. The maximum Gasteiger partial charge on any atom is 0.221 e. The molecule has 2 heterocycles. The zero-order valence-corrected chi connectivity index (χ0v) is 15.2. The fraction of sp³-hybridized carbons (Fsp3) is 0.529. The first-order valence-corrected chi connectivity index (χ1v) is 8.24. The standard InChI is InChI=1S/C17H29N7/c1-12(13(2)22-14(3)18)16(19-4)15-10-20-17(21-11-15)24-8-6-23(5)7-9-24/h10,19,22H,3,6-9,11,18H2,1-2,4-5H3/b13-12+,16-15?. The van der Waals surface area contributed by atoms with E-state index >= 15 is 0 Å². The Morgan fingerprint density at radius 3 is 2.42 bits per heavy atom. The third kappa shape index (κ3) is 4.38. The van der Waals surface area contributed by atoms with Gasteiger partial charge >= 0.3 is 0 Å². The fourth-order valence-corrected chi connectivity index (χ4v) is 2.82. The number of hydrogen-bond acceptors (Lipinski definition) is 7. The van der Waals surface area contributed by atoms with Crippen LogP contribution in [0.4, 0.5) is 0 Å². The highest BCUT2D eigenvalue weighted by Crippen LogP contribution is 2.17. The number of aliphatic imine (C=N–C) groups is 2. The molecule has 0 spiro atoms. The molecule has 2 aliphatic heterocycles. The predicted molar refractivity (Wildman–Crippen MR) is 101 cm³/mol. The van der Waals surface area contributed by atoms with Gasteiger partial charge in [-0.05, 0) is 26.5 Å². The SMILES string of the molecule is C=C(N)N/C(C)=C(\C)C(NC)=C1C=NC(N2CCN(C)CC2)=NC1. The molecule has 0 aromatic carbocycles. The Bertz CT molecular complexity index is 604. The summed E-state index contributed by atoms with van der Waals surface area (Å²) in [6, 6.07) is 0. The number of rotatable bonds is 4. The Morgan fingerprint density at radius 2 is 1.92 bits per heavy atom. The highest BCUT2D eigenvalue weighted by molar-refractivity contribution is 5.97. The monoisotopic (exact) mass is 331 g/mol. The van der Waals surface area contributed by atoms with Gasteiger partial charge in [0.25, 0.3) is 0 Å². The Hall–Kier alpha value is -2.28. The molecule has 0 aliphatic carbocycles. The molecule has 132 valence electrons. The molecule has 7 heteroatoms. The first-order chi connectivity index (χ1) is 11.4. The van der Waals surface area contributed by atoms with Crippen molar-refractivity contribution in [1.82, 2.24) is 20.4 Å². The predicted octanol–water partition coefficient (Wildman–Crippen LogP) is 0.461. The van der Waals surface area contributed by atoms with Crippen molar-refractivity contribution in [1.29, 1.82) is 0 Å². The summed E-state index contributed by atoms with van der Waals surface area (Å²) in [5.41, 5.74) is 9.75. The zero-order valence-electron chi connectivity index (χ0n) is 15.2. The smallest absolute Gasteiger partial charge is 0.221 e. The molecule has 0 bridgehead atoms. The lowest BCUT2D eigenvalue weighted by molar-refractivity contribution is 0.214. The van der Waals surface area contributed by atoms with Gasteiger partial charge in [-0.2, -0.15) is 0 Å². The van der Waals surface area contributed by atoms with Crippen LogP contribution in [0, 0.1) is 0 Å². The van der Waals surface area contributed by atoms with Gasteiger partial charge in [-0.25, -0.2) is 9.98 Å². The van der Waals surface area contributed by atoms with Gasteiger partial charge in [0.2, 0.25) is 5.96 Å². The molecule has 24 heavy (non-hydrogen) atoms. The molecule has 1 saturated heterocycles. The number of likely N-dealkylation sites (N-methyl/N-ethyl adjacent to an activating group) is 2. The second kappa shape index (κ2) is 8.01. The van der Waals surface area contributed by atoms with E-state index in [4.69, 9.17) is 5.73 Å². The maximum atomic E-state index is 5.63. The van der Waals surface area contributed by atoms with E-state index in [-0.39, 0.29) is 0 Å². The lowest BCUT2D eigenvalue weighted by Crippen LogP contribution is -2.47. The third-order valence-corrected chi connectivity index (χ3v) is 4.37. The summed E-state index contributed by atoms with van der Waals surface area (Å²) in [5, 5.41) is 6.31. The molecule has 7 nitrogen and oxygen atoms in total. The van der Waals surface area contributed by atoms with E-state index in [9.17, 15) is 0 Å². The zero-order chi connectivity index (χ0) is 17.7. The van der Waals surface area contributed by atoms with Crippen LogP contribution in [-0.4, -0.2) is 68.8 Å². The van der Waals surface area contributed by atoms with Crippen LogP contribution in [0.3, 0.4) is 0 Å². The van der Waals surface area contributed by atoms with Gasteiger partial charge in [-0.1, -0.05) is 6.58 Å². The average molecular weight is 331 g/mol. The van der Waals surface area contributed by atoms with Crippen LogP contribution in [0.2, 0.25) is 0 Å². The number of hydrogen-bond donors (Lipinski definition) is 3. The number of nitrogens with two attached hydrogens (primary N) is 1. The number of nitrogens with one attached hydrogen (secondary N) is 2. The normalized spacial score (nSPS) is 21.8. The van der Waals surface area contributed by atoms with Crippen molar-refractivity contribution in [2.75, 3.05) is 46.8 Å². The Morgan fingerprint density at radius 1 is 1.25 bits per heavy atom. The van der Waals surface area contributed by atoms with Gasteiger partial charge in [0.15, 0.2) is 0 Å². The summed E-state index contributed by atoms with van der Waals surface area (Å²) in [7, 11) is 4.05. The Kier molecular flexibility index (Phi) is 6.03. The largest absolute Gasteiger partial charge is 0.388 e. The number of allylic oxidation sites excluding steroid dienone is 2. The minimum Gasteiger partial charge on any atom is -0.388 e. The molecule has 4 N–H and O–H groups in total. The average Bonchev–Trinajstić information content (AvgIpc) is 2.56. The quantitative estimate of drug-likeness (QED) is 0.697. The van der Waals surface area contributed by atoms with Crippen LogP contribution in [0.15, 0.2) is 44.9 Å². The van der Waals surface area contributed by atoms with Crippen molar-refractivity contribution >= 4 is 12.2 Å². The second-order valence-corrected chi connectivity index (χ2v) is 6.22. The molecule has 0 unspecified atom stereocenters. The molecule has 0 aromatic rings. The molecule has 0 saturated carbocycles. The molecule has 0 amide bonds. The van der Waals surface area contributed by atoms with E-state index in [1.54, 1.807) is 0 Å². The van der Waals surface area contributed by atoms with Crippen molar-refractivity contribution < 1.29 is 0 Å². The summed E-state index contributed by atoms with van der Waals surface area (Å²) in [5.74, 6) is 1.27. The summed E-state index contributed by atoms with van der Waals surface area (Å²) >= 11 is 0. The lowest BCUT2D eigenvalue weighted by Gasteiger charge is -2.33. The van der Waals surface area contributed by atoms with Gasteiger partial charge in [0.05, 0.1) is 12.4 Å². The van der Waals surface area contributed by atoms with E-state index in [2.05, 4.69) is 44.0 Å². The van der Waals surface area contributed by atoms with Crippen molar-refractivity contribution in [2.45, 2.75) is 13.8 Å². The van der Waals surface area contributed by atoms with Crippen LogP contribution < -0.4 is 16.4 Å². The summed E-state index contributed by atoms with van der Waals surface area (Å²) in [6.07, 6.45) is 1.92. The van der Waals surface area contributed by atoms with Gasteiger partial charge in [-0.15, -0.1) is 0 Å². The molecular weight excluding hydrogens is 302 g/mol. The topological polar surface area (TPSA) is 81.3 Å². The van der Waals surface area contributed by atoms with Crippen molar-refractivity contribution in [3.05, 3.63) is 34.9 Å². The molecular formula is C17H29N7. The number of piperazine rings is 1. The van der Waals surface area contributed by atoms with Crippen molar-refractivity contribution in [2.24, 2.45) is 15.7 Å². The van der Waals surface area contributed by atoms with E-state index in [1.165, 1.54) is 0 Å². The Balaban J connectivity index is 2.14. The van der Waals surface area contributed by atoms with Crippen molar-refractivity contribution in [3.63, 3.8) is 0 Å². The van der Waals surface area contributed by atoms with Crippen molar-refractivity contribution in [3.8, 4) is 0 Å². The minimum absolute atomic E-state index is 0.431. The number of guanidine groups is 1. The summed E-state index contributed by atoms with van der Waals surface area (Å²) < 4.78 is 0. The first-order valence-electron chi connectivity index (χ1n) is 8.24. The second-order valence-electron chi connectivity index (χ2n) is 6.22. The van der Waals surface area contributed by atoms with Crippen LogP contribution >= 0.6 is 0 Å². The molecule has 1 fully saturated rings. The van der Waals surface area contributed by atoms with Gasteiger partial charge in [0, 0.05) is 56.4 Å². The molecule has 0 radical (unpaired) electrons. The van der Waals surface area contributed by atoms with E-state index < -0.39 is 0 Å². The molecule has 0 aromatic heterocycles. The summed E-state index contributed by atoms with van der Waals surface area (Å²) in [4.78, 5) is 13.8. The van der Waals surface area contributed by atoms with Gasteiger partial charge in [0.1, 0.15) is 0 Å². The van der Waals surface area contributed by atoms with Crippen LogP contribution in [0.5, 0.6) is 0 Å². The third-order valence-electron chi connectivity index (χ3n) is 4.37. The van der Waals surface area contributed by atoms with Gasteiger partial charge < -0.3 is 26.2 Å². The van der Waals surface area contributed by atoms with E-state index in [0.29, 0.717) is 12.4 Å². The summed E-state index contributed by atoms with van der Waals surface area (Å²) in [6.45, 7) is 12.4. The van der Waals surface area contributed by atoms with Crippen LogP contribution in [0.1, 0.15) is 13.8 Å². The van der Waals surface area contributed by atoms with Crippen LogP contribution in [0.25, 0.3) is 0 Å². The molecule has 2 aliphatic rings. The van der Waals surface area contributed by atoms with Gasteiger partial charge in [-0.3, -0.25) is 0 Å². The first kappa shape index (κ1) is 18.1. The lowest BCUT2D eigenvalue weighted by atomic mass is 10.1. The molecule has 0 atom stereocenters. The highest BCUT2D eigenvalue weighted by Gasteiger charge is 2.19. The van der Waals surface area contributed by atoms with E-state index in [1.807, 2.05) is 27.1 Å². The minimum atomic E-state index is 0.431. The van der Waals surface area contributed by atoms with E-state index in [0.717, 1.165) is 54.7 Å². The Labute approximate surface area is 144 Å². The highest BCUT2D eigenvalue weighted by atomic mass is 15.3. The van der Waals surface area contributed by atoms with Crippen LogP contribution in [-0.2, 0) is 0 Å². The maximum absolute atomic E-state index is 5.63. The number of nitrogens with zero attached hydrogens (tertiary/aromatic N) is 4. The molecule has 2 rings (SSSR count).